The molecular formula is C52H86NO8P. The van der Waals surface area contributed by atoms with Crippen molar-refractivity contribution in [3.8, 4) is 0 Å². The van der Waals surface area contributed by atoms with Crippen LogP contribution in [0.5, 0.6) is 0 Å². The van der Waals surface area contributed by atoms with Crippen LogP contribution in [0.3, 0.4) is 0 Å². The van der Waals surface area contributed by atoms with Gasteiger partial charge in [0.2, 0.25) is 0 Å². The summed E-state index contributed by atoms with van der Waals surface area (Å²) in [6, 6.07) is 0. The number of ether oxygens (including phenoxy) is 2. The first-order valence-corrected chi connectivity index (χ1v) is 25.1. The Hall–Kier alpha value is -3.33. The number of phosphoric ester groups is 1. The van der Waals surface area contributed by atoms with Crippen molar-refractivity contribution in [2.24, 2.45) is 0 Å². The third-order valence-electron chi connectivity index (χ3n) is 9.28. The number of unbranched alkanes of at least 4 members (excludes halogenated alkanes) is 9. The molecule has 0 N–H and O–H groups in total. The minimum absolute atomic E-state index is 0.0549. The maximum atomic E-state index is 12.7. The molecule has 0 bridgehead atoms. The smallest absolute Gasteiger partial charge is 0.306 e. The van der Waals surface area contributed by atoms with E-state index < -0.39 is 32.5 Å². The molecule has 0 radical (unpaired) electrons. The number of likely N-dealkylation sites (N-methyl/N-ethyl adjacent to an activating group) is 1. The predicted octanol–water partition coefficient (Wildman–Crippen LogP) is 13.3. The number of carbonyl (C=O) groups is 2. The highest BCUT2D eigenvalue weighted by atomic mass is 31.2. The molecule has 1 unspecified atom stereocenters. The van der Waals surface area contributed by atoms with Gasteiger partial charge in [-0.15, -0.1) is 0 Å². The molecule has 9 nitrogen and oxygen atoms in total. The summed E-state index contributed by atoms with van der Waals surface area (Å²) in [5.41, 5.74) is 0. The summed E-state index contributed by atoms with van der Waals surface area (Å²) >= 11 is 0. The summed E-state index contributed by atoms with van der Waals surface area (Å²) in [5.74, 6) is -0.978. The van der Waals surface area contributed by atoms with Gasteiger partial charge in [0.15, 0.2) is 6.10 Å². The zero-order valence-corrected chi connectivity index (χ0v) is 40.4. The number of rotatable bonds is 41. The Morgan fingerprint density at radius 2 is 0.903 bits per heavy atom. The third-order valence-corrected chi connectivity index (χ3v) is 10.2. The van der Waals surface area contributed by atoms with Crippen molar-refractivity contribution in [3.63, 3.8) is 0 Å². The molecule has 0 aliphatic rings. The first-order valence-electron chi connectivity index (χ1n) is 23.6. The first kappa shape index (κ1) is 58.7. The molecule has 0 rings (SSSR count). The summed E-state index contributed by atoms with van der Waals surface area (Å²) < 4.78 is 33.8. The summed E-state index contributed by atoms with van der Waals surface area (Å²) in [5, 5.41) is 0. The van der Waals surface area contributed by atoms with Crippen LogP contribution in [-0.2, 0) is 32.7 Å². The molecule has 0 amide bonds. The fourth-order valence-corrected chi connectivity index (χ4v) is 6.29. The fraction of sp³-hybridized carbons (Fsp3) is 0.615. The van der Waals surface area contributed by atoms with E-state index in [0.717, 1.165) is 64.2 Å². The second-order valence-corrected chi connectivity index (χ2v) is 17.8. The fourth-order valence-electron chi connectivity index (χ4n) is 5.56. The van der Waals surface area contributed by atoms with Crippen molar-refractivity contribution in [1.82, 2.24) is 0 Å². The van der Waals surface area contributed by atoms with E-state index in [2.05, 4.69) is 111 Å². The van der Waals surface area contributed by atoms with E-state index in [1.54, 1.807) is 0 Å². The quantitative estimate of drug-likeness (QED) is 0.0196. The molecule has 0 spiro atoms. The molecule has 0 aromatic carbocycles. The molecule has 2 atom stereocenters. The van der Waals surface area contributed by atoms with Gasteiger partial charge in [0.25, 0.3) is 7.82 Å². The van der Waals surface area contributed by atoms with Gasteiger partial charge in [0.1, 0.15) is 19.8 Å². The highest BCUT2D eigenvalue weighted by molar-refractivity contribution is 7.45. The lowest BCUT2D eigenvalue weighted by Gasteiger charge is -2.28. The van der Waals surface area contributed by atoms with Crippen LogP contribution >= 0.6 is 7.82 Å². The van der Waals surface area contributed by atoms with Gasteiger partial charge >= 0.3 is 11.9 Å². The summed E-state index contributed by atoms with van der Waals surface area (Å²) in [6.45, 7) is 4.02. The van der Waals surface area contributed by atoms with Crippen LogP contribution in [0.2, 0.25) is 0 Å². The average molecular weight is 884 g/mol. The van der Waals surface area contributed by atoms with Crippen LogP contribution in [0.25, 0.3) is 0 Å². The average Bonchev–Trinajstić information content (AvgIpc) is 3.23. The minimum atomic E-state index is -4.66. The lowest BCUT2D eigenvalue weighted by atomic mass is 10.1. The van der Waals surface area contributed by atoms with E-state index in [0.29, 0.717) is 23.9 Å². The number of carbonyl (C=O) groups excluding carboxylic acids is 2. The van der Waals surface area contributed by atoms with Crippen LogP contribution in [0.15, 0.2) is 109 Å². The van der Waals surface area contributed by atoms with Crippen molar-refractivity contribution >= 4 is 19.8 Å². The predicted molar refractivity (Wildman–Crippen MR) is 258 cm³/mol. The summed E-state index contributed by atoms with van der Waals surface area (Å²) in [4.78, 5) is 37.6. The molecular weight excluding hydrogens is 798 g/mol. The van der Waals surface area contributed by atoms with E-state index in [1.807, 2.05) is 33.3 Å². The topological polar surface area (TPSA) is 111 Å². The normalized spacial score (nSPS) is 14.5. The Kier molecular flexibility index (Phi) is 40.6. The highest BCUT2D eigenvalue weighted by Crippen LogP contribution is 2.38. The molecule has 0 aliphatic carbocycles. The van der Waals surface area contributed by atoms with Gasteiger partial charge < -0.3 is 27.9 Å². The number of nitrogens with zero attached hydrogens (tertiary/aromatic N) is 1. The maximum absolute atomic E-state index is 12.7. The van der Waals surface area contributed by atoms with Gasteiger partial charge in [-0.1, -0.05) is 155 Å². The third kappa shape index (κ3) is 46.2. The number of hydrogen-bond acceptors (Lipinski definition) is 8. The van der Waals surface area contributed by atoms with Crippen LogP contribution in [0.1, 0.15) is 155 Å². The zero-order chi connectivity index (χ0) is 45.7. The van der Waals surface area contributed by atoms with E-state index >= 15 is 0 Å². The number of esters is 2. The Bertz CT molecular complexity index is 1420. The van der Waals surface area contributed by atoms with E-state index in [-0.39, 0.29) is 26.1 Å². The lowest BCUT2D eigenvalue weighted by molar-refractivity contribution is -0.870. The monoisotopic (exact) mass is 884 g/mol. The molecule has 0 saturated heterocycles. The highest BCUT2D eigenvalue weighted by Gasteiger charge is 2.21. The van der Waals surface area contributed by atoms with Crippen molar-refractivity contribution in [2.45, 2.75) is 161 Å². The van der Waals surface area contributed by atoms with Gasteiger partial charge in [-0.2, -0.15) is 0 Å². The van der Waals surface area contributed by atoms with Gasteiger partial charge in [0.05, 0.1) is 27.7 Å². The molecule has 0 aliphatic heterocycles. The first-order chi connectivity index (χ1) is 30.0. The molecule has 0 heterocycles. The molecule has 0 fully saturated rings. The van der Waals surface area contributed by atoms with E-state index in [9.17, 15) is 19.0 Å². The minimum Gasteiger partial charge on any atom is -0.756 e. The zero-order valence-electron chi connectivity index (χ0n) is 39.5. The number of allylic oxidation sites excluding steroid dienone is 18. The largest absolute Gasteiger partial charge is 0.756 e. The number of hydrogen-bond donors (Lipinski definition) is 0. The lowest BCUT2D eigenvalue weighted by Crippen LogP contribution is -2.37. The standard InChI is InChI=1S/C52H86NO8P/c1-6-8-10-12-14-16-18-20-22-24-26-28-30-32-34-36-38-40-42-44-51(54)58-48-50(49-60-62(56,57)59-47-46-53(3,4)5)61-52(55)45-43-41-39-37-35-33-31-29-27-25-23-21-19-17-15-13-11-9-7-2/h14-17,20-23,26-29,32-35,38,40,50H,6-13,18-19,24-25,30-31,36-37,39,41-49H2,1-5H3/b16-14-,17-15-,22-20-,23-21-,28-26-,29-27-,34-32-,35-33-,40-38-/t50-/m1/s1. The van der Waals surface area contributed by atoms with Gasteiger partial charge in [0, 0.05) is 12.8 Å². The van der Waals surface area contributed by atoms with Crippen molar-refractivity contribution in [2.75, 3.05) is 47.5 Å². The summed E-state index contributed by atoms with van der Waals surface area (Å²) in [6.07, 6.45) is 58.4. The summed E-state index contributed by atoms with van der Waals surface area (Å²) in [7, 11) is 1.09. The maximum Gasteiger partial charge on any atom is 0.306 e. The van der Waals surface area contributed by atoms with Gasteiger partial charge in [-0.25, -0.2) is 0 Å². The molecule has 0 aromatic heterocycles. The second-order valence-electron chi connectivity index (χ2n) is 16.4. The number of phosphoric acid groups is 1. The number of quaternary nitrogens is 1. The molecule has 352 valence electrons. The Balaban J connectivity index is 4.53. The second kappa shape index (κ2) is 42.9. The molecule has 62 heavy (non-hydrogen) atoms. The molecule has 0 saturated carbocycles. The van der Waals surface area contributed by atoms with Crippen LogP contribution in [-0.4, -0.2) is 70.0 Å². The van der Waals surface area contributed by atoms with Crippen LogP contribution in [0.4, 0.5) is 0 Å². The van der Waals surface area contributed by atoms with Gasteiger partial charge in [-0.05, 0) is 96.3 Å². The van der Waals surface area contributed by atoms with E-state index in [4.69, 9.17) is 18.5 Å². The van der Waals surface area contributed by atoms with Crippen LogP contribution in [0, 0.1) is 0 Å². The van der Waals surface area contributed by atoms with Crippen molar-refractivity contribution < 1.29 is 42.1 Å². The van der Waals surface area contributed by atoms with Crippen molar-refractivity contribution in [1.29, 1.82) is 0 Å². The van der Waals surface area contributed by atoms with Crippen molar-refractivity contribution in [3.05, 3.63) is 109 Å². The Morgan fingerprint density at radius 1 is 0.500 bits per heavy atom. The molecule has 10 heteroatoms. The van der Waals surface area contributed by atoms with Gasteiger partial charge in [-0.3, -0.25) is 14.2 Å². The van der Waals surface area contributed by atoms with E-state index in [1.165, 1.54) is 51.4 Å². The molecule has 0 aromatic rings. The van der Waals surface area contributed by atoms with Crippen LogP contribution < -0.4 is 4.89 Å². The Labute approximate surface area is 378 Å². The Morgan fingerprint density at radius 3 is 1.32 bits per heavy atom. The SMILES string of the molecule is CCCCC/C=C\C/C=C\C/C=C\C/C=C\C/C=C\CCC(=O)OC[C@H](COP(=O)([O-])OCC[N+](C)(C)C)OC(=O)CCCCC/C=C\C/C=C\C/C=C\C/C=C\CCCCC.